The molecule has 40 heavy (non-hydrogen) atoms. The molecule has 6 nitrogen and oxygen atoms in total. The van der Waals surface area contributed by atoms with Gasteiger partial charge in [-0.1, -0.05) is 37.3 Å². The fourth-order valence-electron chi connectivity index (χ4n) is 6.13. The second kappa shape index (κ2) is 10.2. The van der Waals surface area contributed by atoms with E-state index in [2.05, 4.69) is 66.2 Å². The number of aryl methyl sites for hydroxylation is 2. The molecule has 6 heteroatoms. The maximum absolute atomic E-state index is 13.5. The Hall–Kier alpha value is -4.58. The number of rotatable bonds is 8. The van der Waals surface area contributed by atoms with Crippen LogP contribution >= 0.6 is 0 Å². The molecule has 1 aliphatic rings. The van der Waals surface area contributed by atoms with Crippen molar-refractivity contribution < 1.29 is 14.3 Å². The lowest BCUT2D eigenvalue weighted by atomic mass is 9.79. The average molecular weight is 532 g/mol. The van der Waals surface area contributed by atoms with Gasteiger partial charge in [-0.3, -0.25) is 4.98 Å². The molecule has 1 atom stereocenters. The number of carbonyl (C=O) groups excluding carboxylic acids is 1. The fourth-order valence-corrected chi connectivity index (χ4v) is 6.13. The quantitative estimate of drug-likeness (QED) is 0.211. The number of aromatic amines is 1. The van der Waals surface area contributed by atoms with Crippen molar-refractivity contribution in [2.45, 2.75) is 39.7 Å². The lowest BCUT2D eigenvalue weighted by molar-refractivity contribution is 0.0238. The summed E-state index contributed by atoms with van der Waals surface area (Å²) in [4.78, 5) is 24.1. The van der Waals surface area contributed by atoms with Crippen LogP contribution < -0.4 is 9.64 Å². The minimum atomic E-state index is -1.28. The topological polar surface area (TPSA) is 67.4 Å². The number of fused-ring (bicyclic) bond motifs is 2. The van der Waals surface area contributed by atoms with E-state index in [0.29, 0.717) is 23.6 Å². The van der Waals surface area contributed by atoms with Crippen LogP contribution in [-0.4, -0.2) is 29.1 Å². The molecule has 2 aromatic heterocycles. The minimum absolute atomic E-state index is 0.392. The normalized spacial score (nSPS) is 16.1. The van der Waals surface area contributed by atoms with Crippen molar-refractivity contribution in [1.29, 1.82) is 0 Å². The van der Waals surface area contributed by atoms with Gasteiger partial charge in [-0.2, -0.15) is 0 Å². The van der Waals surface area contributed by atoms with E-state index in [1.54, 1.807) is 18.3 Å². The molecule has 0 saturated heterocycles. The van der Waals surface area contributed by atoms with E-state index in [1.165, 1.54) is 5.56 Å². The van der Waals surface area contributed by atoms with Crippen LogP contribution in [0.1, 0.15) is 59.2 Å². The van der Waals surface area contributed by atoms with Crippen molar-refractivity contribution in [3.8, 4) is 5.75 Å². The molecule has 5 aromatic rings. The first-order valence-corrected chi connectivity index (χ1v) is 13.9. The number of carbonyl (C=O) groups is 1. The summed E-state index contributed by atoms with van der Waals surface area (Å²) in [6.45, 7) is 9.51. The van der Waals surface area contributed by atoms with Gasteiger partial charge in [-0.25, -0.2) is 4.79 Å². The third kappa shape index (κ3) is 3.86. The van der Waals surface area contributed by atoms with Crippen LogP contribution in [0.5, 0.6) is 5.75 Å². The highest BCUT2D eigenvalue weighted by Crippen LogP contribution is 2.53. The van der Waals surface area contributed by atoms with E-state index in [1.807, 2.05) is 38.1 Å². The first kappa shape index (κ1) is 25.7. The molecule has 0 amide bonds. The highest BCUT2D eigenvalue weighted by Gasteiger charge is 2.53. The van der Waals surface area contributed by atoms with Gasteiger partial charge in [0.1, 0.15) is 11.4 Å². The van der Waals surface area contributed by atoms with Crippen molar-refractivity contribution in [1.82, 2.24) is 9.97 Å². The molecule has 0 radical (unpaired) electrons. The van der Waals surface area contributed by atoms with E-state index in [0.717, 1.165) is 52.1 Å². The van der Waals surface area contributed by atoms with Gasteiger partial charge < -0.3 is 19.4 Å². The number of ether oxygens (including phenoxy) is 2. The number of pyridine rings is 1. The van der Waals surface area contributed by atoms with E-state index in [-0.39, 0.29) is 0 Å². The number of benzene rings is 3. The average Bonchev–Trinajstić information content (AvgIpc) is 3.48. The molecule has 0 spiro atoms. The highest BCUT2D eigenvalue weighted by atomic mass is 16.6. The van der Waals surface area contributed by atoms with Gasteiger partial charge in [0.15, 0.2) is 0 Å². The molecule has 1 N–H and O–H groups in total. The second-order valence-electron chi connectivity index (χ2n) is 9.98. The smallest absolute Gasteiger partial charge is 0.341 e. The number of aromatic nitrogens is 2. The Labute approximate surface area is 234 Å². The maximum Gasteiger partial charge on any atom is 0.341 e. The lowest BCUT2D eigenvalue weighted by Gasteiger charge is -2.32. The van der Waals surface area contributed by atoms with Gasteiger partial charge in [0, 0.05) is 57.9 Å². The van der Waals surface area contributed by atoms with Crippen molar-refractivity contribution in [3.05, 3.63) is 119 Å². The monoisotopic (exact) mass is 531 g/mol. The number of H-pyrrole nitrogens is 1. The number of cyclic esters (lactones) is 1. The largest absolute Gasteiger partial charge is 0.493 e. The van der Waals surface area contributed by atoms with E-state index < -0.39 is 11.6 Å². The van der Waals surface area contributed by atoms with Crippen LogP contribution in [0.15, 0.2) is 85.1 Å². The number of para-hydroxylation sites is 1. The Morgan fingerprint density at radius 3 is 2.52 bits per heavy atom. The van der Waals surface area contributed by atoms with E-state index >= 15 is 0 Å². The minimum Gasteiger partial charge on any atom is -0.493 e. The van der Waals surface area contributed by atoms with Crippen molar-refractivity contribution >= 4 is 28.2 Å². The first-order chi connectivity index (χ1) is 19.5. The predicted molar refractivity (Wildman–Crippen MR) is 159 cm³/mol. The third-order valence-corrected chi connectivity index (χ3v) is 7.78. The Morgan fingerprint density at radius 2 is 1.77 bits per heavy atom. The van der Waals surface area contributed by atoms with Crippen LogP contribution in [0.2, 0.25) is 0 Å². The molecule has 0 bridgehead atoms. The van der Waals surface area contributed by atoms with Gasteiger partial charge in [0.2, 0.25) is 5.60 Å². The highest BCUT2D eigenvalue weighted by molar-refractivity contribution is 5.99. The number of nitrogens with one attached hydrogen (secondary N) is 1. The summed E-state index contributed by atoms with van der Waals surface area (Å²) in [5, 5.41) is 1.06. The van der Waals surface area contributed by atoms with Crippen LogP contribution in [-0.2, 0) is 16.8 Å². The number of esters is 1. The molecule has 1 aliphatic heterocycles. The molecule has 0 fully saturated rings. The van der Waals surface area contributed by atoms with Gasteiger partial charge in [0.05, 0.1) is 12.2 Å². The standard InChI is InChI=1S/C34H33N3O3/c1-5-23-13-11-17-28-30(23)31(22(4)36-28)34(32-26(33(38)40-34)16-12-20-35-32)27-19-18-25(21-29(27)39-7-3)37(6-2)24-14-9-8-10-15-24/h8-21,36H,5-7H2,1-4H3. The van der Waals surface area contributed by atoms with Crippen molar-refractivity contribution in [2.75, 3.05) is 18.1 Å². The van der Waals surface area contributed by atoms with Gasteiger partial charge >= 0.3 is 5.97 Å². The predicted octanol–water partition coefficient (Wildman–Crippen LogP) is 7.45. The van der Waals surface area contributed by atoms with Gasteiger partial charge in [0.25, 0.3) is 0 Å². The van der Waals surface area contributed by atoms with E-state index in [4.69, 9.17) is 14.5 Å². The lowest BCUT2D eigenvalue weighted by Crippen LogP contribution is -2.32. The summed E-state index contributed by atoms with van der Waals surface area (Å²) >= 11 is 0. The van der Waals surface area contributed by atoms with Gasteiger partial charge in [-0.05, 0) is 75.2 Å². The molecule has 3 aromatic carbocycles. The van der Waals surface area contributed by atoms with E-state index in [9.17, 15) is 4.79 Å². The number of hydrogen-bond acceptors (Lipinski definition) is 5. The summed E-state index contributed by atoms with van der Waals surface area (Å²) in [5.74, 6) is 0.264. The second-order valence-corrected chi connectivity index (χ2v) is 9.98. The van der Waals surface area contributed by atoms with Crippen molar-refractivity contribution in [2.24, 2.45) is 0 Å². The van der Waals surface area contributed by atoms with Crippen LogP contribution in [0, 0.1) is 6.92 Å². The molecule has 0 saturated carbocycles. The SMILES string of the molecule is CCOc1cc(N(CC)c2ccccc2)ccc1C1(c2c(C)[nH]c3cccc(CC)c23)OC(=O)c2cccnc21. The van der Waals surface area contributed by atoms with Crippen LogP contribution in [0.4, 0.5) is 11.4 Å². The Balaban J connectivity index is 1.67. The Morgan fingerprint density at radius 1 is 0.950 bits per heavy atom. The molecule has 202 valence electrons. The summed E-state index contributed by atoms with van der Waals surface area (Å²) < 4.78 is 12.9. The molecular weight excluding hydrogens is 498 g/mol. The summed E-state index contributed by atoms with van der Waals surface area (Å²) in [5.41, 5.74) is 6.60. The Kier molecular flexibility index (Phi) is 6.54. The zero-order valence-electron chi connectivity index (χ0n) is 23.3. The Bertz CT molecular complexity index is 1710. The number of nitrogens with zero attached hydrogens (tertiary/aromatic N) is 2. The summed E-state index contributed by atoms with van der Waals surface area (Å²) in [7, 11) is 0. The summed E-state index contributed by atoms with van der Waals surface area (Å²) in [6.07, 6.45) is 2.56. The van der Waals surface area contributed by atoms with Crippen LogP contribution in [0.25, 0.3) is 10.9 Å². The summed E-state index contributed by atoms with van der Waals surface area (Å²) in [6, 6.07) is 26.3. The maximum atomic E-state index is 13.5. The fraction of sp³-hybridized carbons (Fsp3) is 0.235. The number of hydrogen-bond donors (Lipinski definition) is 1. The molecular formula is C34H33N3O3. The molecule has 1 unspecified atom stereocenters. The molecule has 0 aliphatic carbocycles. The van der Waals surface area contributed by atoms with Crippen LogP contribution in [0.3, 0.4) is 0 Å². The number of anilines is 2. The zero-order chi connectivity index (χ0) is 27.9. The third-order valence-electron chi connectivity index (χ3n) is 7.78. The van der Waals surface area contributed by atoms with Gasteiger partial charge in [-0.15, -0.1) is 0 Å². The molecule has 6 rings (SSSR count). The first-order valence-electron chi connectivity index (χ1n) is 13.9. The molecule has 3 heterocycles. The van der Waals surface area contributed by atoms with Crippen molar-refractivity contribution in [3.63, 3.8) is 0 Å². The zero-order valence-corrected chi connectivity index (χ0v) is 23.3.